The van der Waals surface area contributed by atoms with E-state index in [0.29, 0.717) is 18.5 Å². The third-order valence-corrected chi connectivity index (χ3v) is 4.79. The number of piperidine rings is 1. The normalized spacial score (nSPS) is 22.6. The van der Waals surface area contributed by atoms with E-state index < -0.39 is 11.9 Å². The van der Waals surface area contributed by atoms with Crippen LogP contribution in [0.4, 0.5) is 0 Å². The Bertz CT molecular complexity index is 544. The molecule has 0 spiro atoms. The molecular weight excluding hydrogens is 369 g/mol. The summed E-state index contributed by atoms with van der Waals surface area (Å²) in [7, 11) is 0. The van der Waals surface area contributed by atoms with Gasteiger partial charge >= 0.3 is 5.97 Å². The van der Waals surface area contributed by atoms with Crippen LogP contribution in [0.3, 0.4) is 0 Å². The van der Waals surface area contributed by atoms with Gasteiger partial charge in [-0.3, -0.25) is 9.59 Å². The molecule has 2 atom stereocenters. The number of carboxylic acid groups (broad SMARTS) is 1. The number of carbonyl (C=O) groups excluding carboxylic acids is 1. The lowest BCUT2D eigenvalue weighted by molar-refractivity contribution is -0.143. The highest BCUT2D eigenvalue weighted by Crippen LogP contribution is 2.25. The van der Waals surface area contributed by atoms with Crippen LogP contribution in [0.25, 0.3) is 0 Å². The highest BCUT2D eigenvalue weighted by atomic mass is 127. The summed E-state index contributed by atoms with van der Waals surface area (Å²) < 4.78 is 0.905. The van der Waals surface area contributed by atoms with Crippen molar-refractivity contribution in [1.82, 2.24) is 4.90 Å². The molecule has 1 N–H and O–H groups in total. The van der Waals surface area contributed by atoms with Crippen molar-refractivity contribution in [3.8, 4) is 0 Å². The number of hydrogen-bond acceptors (Lipinski definition) is 2. The number of aryl methyl sites for hydroxylation is 1. The monoisotopic (exact) mass is 387 g/mol. The number of rotatable bonds is 2. The van der Waals surface area contributed by atoms with E-state index >= 15 is 0 Å². The Hall–Kier alpha value is -1.11. The van der Waals surface area contributed by atoms with E-state index in [1.165, 1.54) is 0 Å². The Morgan fingerprint density at radius 1 is 1.35 bits per heavy atom. The molecule has 1 amide bonds. The first kappa shape index (κ1) is 15.3. The molecular formula is C15H18INO3. The largest absolute Gasteiger partial charge is 0.481 e. The molecule has 1 aliphatic heterocycles. The molecule has 1 aliphatic rings. The Morgan fingerprint density at radius 3 is 2.70 bits per heavy atom. The number of aliphatic carboxylic acids is 1. The molecule has 1 aromatic carbocycles. The quantitative estimate of drug-likeness (QED) is 0.794. The fourth-order valence-corrected chi connectivity index (χ4v) is 3.12. The minimum atomic E-state index is -0.811. The zero-order chi connectivity index (χ0) is 14.9. The third-order valence-electron chi connectivity index (χ3n) is 3.84. The van der Waals surface area contributed by atoms with E-state index in [1.54, 1.807) is 4.90 Å². The lowest BCUT2D eigenvalue weighted by Gasteiger charge is -2.36. The van der Waals surface area contributed by atoms with Gasteiger partial charge in [0, 0.05) is 16.2 Å². The Labute approximate surface area is 132 Å². The van der Waals surface area contributed by atoms with Gasteiger partial charge in [-0.1, -0.05) is 11.6 Å². The number of carboxylic acids is 1. The van der Waals surface area contributed by atoms with E-state index in [2.05, 4.69) is 22.6 Å². The molecule has 1 aromatic rings. The van der Waals surface area contributed by atoms with Crippen LogP contribution in [0.5, 0.6) is 0 Å². The lowest BCUT2D eigenvalue weighted by Crippen LogP contribution is -2.47. The van der Waals surface area contributed by atoms with Crippen LogP contribution in [0.15, 0.2) is 18.2 Å². The molecule has 0 bridgehead atoms. The summed E-state index contributed by atoms with van der Waals surface area (Å²) in [5.41, 5.74) is 1.71. The van der Waals surface area contributed by atoms with Crippen LogP contribution in [0.2, 0.25) is 0 Å². The number of likely N-dealkylation sites (tertiary alicyclic amines) is 1. The van der Waals surface area contributed by atoms with Crippen LogP contribution in [-0.4, -0.2) is 34.5 Å². The Balaban J connectivity index is 2.26. The molecule has 4 nitrogen and oxygen atoms in total. The Morgan fingerprint density at radius 2 is 2.05 bits per heavy atom. The van der Waals surface area contributed by atoms with Crippen molar-refractivity contribution >= 4 is 34.5 Å². The van der Waals surface area contributed by atoms with Crippen LogP contribution >= 0.6 is 22.6 Å². The number of halogens is 1. The van der Waals surface area contributed by atoms with E-state index in [0.717, 1.165) is 15.6 Å². The van der Waals surface area contributed by atoms with E-state index in [-0.39, 0.29) is 11.9 Å². The summed E-state index contributed by atoms with van der Waals surface area (Å²) in [4.78, 5) is 25.5. The number of benzene rings is 1. The van der Waals surface area contributed by atoms with Crippen LogP contribution < -0.4 is 0 Å². The summed E-state index contributed by atoms with van der Waals surface area (Å²) in [5, 5.41) is 9.15. The molecule has 108 valence electrons. The molecule has 1 fully saturated rings. The summed E-state index contributed by atoms with van der Waals surface area (Å²) in [6.07, 6.45) is 1.39. The van der Waals surface area contributed by atoms with E-state index in [9.17, 15) is 9.59 Å². The van der Waals surface area contributed by atoms with Gasteiger partial charge in [0.25, 0.3) is 5.91 Å². The maximum atomic E-state index is 12.7. The van der Waals surface area contributed by atoms with Gasteiger partial charge in [-0.15, -0.1) is 0 Å². The molecule has 0 aromatic heterocycles. The molecule has 0 saturated carbocycles. The highest BCUT2D eigenvalue weighted by Gasteiger charge is 2.33. The minimum absolute atomic E-state index is 0.0587. The first-order valence-corrected chi connectivity index (χ1v) is 7.78. The van der Waals surface area contributed by atoms with Gasteiger partial charge in [0.1, 0.15) is 0 Å². The predicted octanol–water partition coefficient (Wildman–Crippen LogP) is 2.92. The van der Waals surface area contributed by atoms with Gasteiger partial charge < -0.3 is 10.0 Å². The second kappa shape index (κ2) is 6.11. The van der Waals surface area contributed by atoms with Gasteiger partial charge in [-0.05, 0) is 61.4 Å². The zero-order valence-electron chi connectivity index (χ0n) is 11.6. The third kappa shape index (κ3) is 3.13. The van der Waals surface area contributed by atoms with Crippen molar-refractivity contribution in [2.45, 2.75) is 32.7 Å². The van der Waals surface area contributed by atoms with E-state index in [4.69, 9.17) is 5.11 Å². The standard InChI is InChI=1S/C15H18INO3/c1-9-3-6-13(16)12(7-9)14(18)17-8-11(15(19)20)5-4-10(17)2/h3,6-7,10-11H,4-5,8H2,1-2H3,(H,19,20). The van der Waals surface area contributed by atoms with Crippen LogP contribution in [0.1, 0.15) is 35.7 Å². The number of amides is 1. The lowest BCUT2D eigenvalue weighted by atomic mass is 9.93. The van der Waals surface area contributed by atoms with Crippen molar-refractivity contribution in [2.75, 3.05) is 6.54 Å². The van der Waals surface area contributed by atoms with Crippen molar-refractivity contribution in [3.63, 3.8) is 0 Å². The maximum absolute atomic E-state index is 12.7. The summed E-state index contributed by atoms with van der Waals surface area (Å²) >= 11 is 2.15. The van der Waals surface area contributed by atoms with Crippen molar-refractivity contribution in [3.05, 3.63) is 32.9 Å². The van der Waals surface area contributed by atoms with Crippen molar-refractivity contribution in [1.29, 1.82) is 0 Å². The summed E-state index contributed by atoms with van der Waals surface area (Å²) in [5.74, 6) is -1.32. The molecule has 0 radical (unpaired) electrons. The average Bonchev–Trinajstić information content (AvgIpc) is 2.41. The fraction of sp³-hybridized carbons (Fsp3) is 0.467. The molecule has 1 saturated heterocycles. The molecule has 0 aliphatic carbocycles. The maximum Gasteiger partial charge on any atom is 0.308 e. The second-order valence-corrected chi connectivity index (χ2v) is 6.56. The van der Waals surface area contributed by atoms with E-state index in [1.807, 2.05) is 32.0 Å². The molecule has 2 unspecified atom stereocenters. The Kier molecular flexibility index (Phi) is 4.67. The number of nitrogens with zero attached hydrogens (tertiary/aromatic N) is 1. The second-order valence-electron chi connectivity index (χ2n) is 5.40. The predicted molar refractivity (Wildman–Crippen MR) is 84.8 cm³/mol. The van der Waals surface area contributed by atoms with Crippen LogP contribution in [0, 0.1) is 16.4 Å². The van der Waals surface area contributed by atoms with Gasteiger partial charge in [-0.25, -0.2) is 0 Å². The molecule has 20 heavy (non-hydrogen) atoms. The van der Waals surface area contributed by atoms with Gasteiger partial charge in [0.15, 0.2) is 0 Å². The van der Waals surface area contributed by atoms with Gasteiger partial charge in [0.2, 0.25) is 0 Å². The average molecular weight is 387 g/mol. The number of hydrogen-bond donors (Lipinski definition) is 1. The molecule has 5 heteroatoms. The van der Waals surface area contributed by atoms with Crippen LogP contribution in [-0.2, 0) is 4.79 Å². The molecule has 1 heterocycles. The van der Waals surface area contributed by atoms with Crippen molar-refractivity contribution in [2.24, 2.45) is 5.92 Å². The first-order valence-electron chi connectivity index (χ1n) is 6.70. The smallest absolute Gasteiger partial charge is 0.308 e. The topological polar surface area (TPSA) is 57.6 Å². The SMILES string of the molecule is Cc1ccc(I)c(C(=O)N2CC(C(=O)O)CCC2C)c1. The van der Waals surface area contributed by atoms with Gasteiger partial charge in [0.05, 0.1) is 11.5 Å². The zero-order valence-corrected chi connectivity index (χ0v) is 13.8. The highest BCUT2D eigenvalue weighted by molar-refractivity contribution is 14.1. The molecule has 2 rings (SSSR count). The van der Waals surface area contributed by atoms with Crippen molar-refractivity contribution < 1.29 is 14.7 Å². The fourth-order valence-electron chi connectivity index (χ4n) is 2.55. The minimum Gasteiger partial charge on any atom is -0.481 e. The first-order chi connectivity index (χ1) is 9.40. The van der Waals surface area contributed by atoms with Gasteiger partial charge in [-0.2, -0.15) is 0 Å². The summed E-state index contributed by atoms with van der Waals surface area (Å²) in [6.45, 7) is 4.24. The summed E-state index contributed by atoms with van der Waals surface area (Å²) in [6, 6.07) is 5.86. The number of carbonyl (C=O) groups is 2.